The first kappa shape index (κ1) is 7.88. The summed E-state index contributed by atoms with van der Waals surface area (Å²) in [5, 5.41) is 14.6. The van der Waals surface area contributed by atoms with Crippen LogP contribution in [-0.4, -0.2) is 38.4 Å². The Morgan fingerprint density at radius 3 is 1.88 bits per heavy atom. The van der Waals surface area contributed by atoms with Gasteiger partial charge >= 0.3 is 0 Å². The van der Waals surface area contributed by atoms with E-state index in [0.29, 0.717) is 13.1 Å². The molecule has 0 saturated heterocycles. The topological polar surface area (TPSA) is 44.3 Å². The maximum Gasteiger partial charge on any atom is 0.0788 e. The minimum absolute atomic E-state index is 0.259. The van der Waals surface area contributed by atoms with Crippen LogP contribution in [0.1, 0.15) is 0 Å². The summed E-state index contributed by atoms with van der Waals surface area (Å²) < 4.78 is 0. The van der Waals surface area contributed by atoms with Gasteiger partial charge in [-0.3, -0.25) is 0 Å². The number of rotatable bonds is 4. The molecular formula is C5H14N2O. The van der Waals surface area contributed by atoms with Crippen molar-refractivity contribution in [2.45, 2.75) is 6.10 Å². The third kappa shape index (κ3) is 4.05. The van der Waals surface area contributed by atoms with E-state index in [1.165, 1.54) is 0 Å². The van der Waals surface area contributed by atoms with Gasteiger partial charge in [0, 0.05) is 13.1 Å². The van der Waals surface area contributed by atoms with E-state index in [4.69, 9.17) is 5.11 Å². The van der Waals surface area contributed by atoms with E-state index in [0.717, 1.165) is 0 Å². The maximum atomic E-state index is 8.92. The van der Waals surface area contributed by atoms with Crippen LogP contribution in [0.15, 0.2) is 0 Å². The Morgan fingerprint density at radius 1 is 1.25 bits per heavy atom. The Morgan fingerprint density at radius 2 is 1.62 bits per heavy atom. The van der Waals surface area contributed by atoms with E-state index < -0.39 is 0 Å². The van der Waals surface area contributed by atoms with E-state index in [2.05, 4.69) is 10.6 Å². The summed E-state index contributed by atoms with van der Waals surface area (Å²) >= 11 is 0. The Hall–Kier alpha value is -0.120. The lowest BCUT2D eigenvalue weighted by Gasteiger charge is -2.06. The molecule has 0 amide bonds. The zero-order valence-corrected chi connectivity index (χ0v) is 5.44. The number of aliphatic hydroxyl groups is 1. The second-order valence-electron chi connectivity index (χ2n) is 1.77. The summed E-state index contributed by atoms with van der Waals surface area (Å²) in [7, 11) is 3.64. The summed E-state index contributed by atoms with van der Waals surface area (Å²) in [4.78, 5) is 0. The average molecular weight is 118 g/mol. The smallest absolute Gasteiger partial charge is 0.0788 e. The maximum absolute atomic E-state index is 8.92. The molecule has 8 heavy (non-hydrogen) atoms. The summed E-state index contributed by atoms with van der Waals surface area (Å²) in [6.45, 7) is 1.31. The molecule has 0 aliphatic carbocycles. The molecular weight excluding hydrogens is 104 g/mol. The predicted octanol–water partition coefficient (Wildman–Crippen LogP) is -1.21. The minimum atomic E-state index is -0.259. The number of aliphatic hydroxyl groups excluding tert-OH is 1. The molecule has 3 N–H and O–H groups in total. The average Bonchev–Trinajstić information content (AvgIpc) is 1.68. The number of hydrogen-bond donors (Lipinski definition) is 3. The number of likely N-dealkylation sites (N-methyl/N-ethyl adjacent to an activating group) is 2. The quantitative estimate of drug-likeness (QED) is 0.434. The molecule has 0 aromatic heterocycles. The van der Waals surface area contributed by atoms with Gasteiger partial charge in [0.15, 0.2) is 0 Å². The van der Waals surface area contributed by atoms with Gasteiger partial charge < -0.3 is 15.7 Å². The van der Waals surface area contributed by atoms with E-state index in [9.17, 15) is 0 Å². The van der Waals surface area contributed by atoms with Gasteiger partial charge in [0.1, 0.15) is 0 Å². The largest absolute Gasteiger partial charge is 0.390 e. The summed E-state index contributed by atoms with van der Waals surface area (Å²) in [5.41, 5.74) is 0. The van der Waals surface area contributed by atoms with Crippen LogP contribution in [0.4, 0.5) is 0 Å². The standard InChI is InChI=1S/C5H14N2O/c1-6-3-5(8)4-7-2/h5-8H,3-4H2,1-2H3. The normalized spacial score (nSPS) is 10.5. The molecule has 50 valence electrons. The zero-order valence-electron chi connectivity index (χ0n) is 5.44. The highest BCUT2D eigenvalue weighted by atomic mass is 16.3. The third-order valence-corrected chi connectivity index (χ3v) is 0.879. The van der Waals surface area contributed by atoms with Crippen LogP contribution in [0.2, 0.25) is 0 Å². The molecule has 0 bridgehead atoms. The number of nitrogens with one attached hydrogen (secondary N) is 2. The molecule has 0 aromatic rings. The lowest BCUT2D eigenvalue weighted by atomic mass is 10.3. The molecule has 0 spiro atoms. The molecule has 0 radical (unpaired) electrons. The first-order valence-corrected chi connectivity index (χ1v) is 2.78. The van der Waals surface area contributed by atoms with Crippen molar-refractivity contribution in [3.8, 4) is 0 Å². The van der Waals surface area contributed by atoms with Gasteiger partial charge in [0.25, 0.3) is 0 Å². The fourth-order valence-electron chi connectivity index (χ4n) is 0.543. The van der Waals surface area contributed by atoms with Crippen molar-refractivity contribution in [1.29, 1.82) is 0 Å². The molecule has 0 heterocycles. The number of hydrogen-bond acceptors (Lipinski definition) is 3. The predicted molar refractivity (Wildman–Crippen MR) is 33.9 cm³/mol. The molecule has 0 unspecified atom stereocenters. The highest BCUT2D eigenvalue weighted by molar-refractivity contribution is 4.57. The van der Waals surface area contributed by atoms with Gasteiger partial charge in [-0.15, -0.1) is 0 Å². The Kier molecular flexibility index (Phi) is 4.95. The van der Waals surface area contributed by atoms with Crippen LogP contribution in [0, 0.1) is 0 Å². The van der Waals surface area contributed by atoms with Crippen LogP contribution >= 0.6 is 0 Å². The summed E-state index contributed by atoms with van der Waals surface area (Å²) in [6.07, 6.45) is -0.259. The molecule has 0 fully saturated rings. The first-order valence-electron chi connectivity index (χ1n) is 2.78. The minimum Gasteiger partial charge on any atom is -0.390 e. The third-order valence-electron chi connectivity index (χ3n) is 0.879. The Bertz CT molecular complexity index is 43.7. The van der Waals surface area contributed by atoms with Crippen LogP contribution in [0.5, 0.6) is 0 Å². The highest BCUT2D eigenvalue weighted by Gasteiger charge is 1.96. The Balaban J connectivity index is 2.92. The van der Waals surface area contributed by atoms with Crippen molar-refractivity contribution in [3.05, 3.63) is 0 Å². The second kappa shape index (κ2) is 5.03. The zero-order chi connectivity index (χ0) is 6.41. The van der Waals surface area contributed by atoms with Crippen molar-refractivity contribution in [3.63, 3.8) is 0 Å². The molecule has 0 rings (SSSR count). The van der Waals surface area contributed by atoms with Gasteiger partial charge in [-0.25, -0.2) is 0 Å². The summed E-state index contributed by atoms with van der Waals surface area (Å²) in [6, 6.07) is 0. The molecule has 3 heteroatoms. The van der Waals surface area contributed by atoms with E-state index >= 15 is 0 Å². The van der Waals surface area contributed by atoms with Gasteiger partial charge in [0.05, 0.1) is 6.10 Å². The van der Waals surface area contributed by atoms with Crippen molar-refractivity contribution in [2.75, 3.05) is 27.2 Å². The van der Waals surface area contributed by atoms with Gasteiger partial charge in [-0.2, -0.15) is 0 Å². The lowest BCUT2D eigenvalue weighted by Crippen LogP contribution is -2.32. The molecule has 0 saturated carbocycles. The molecule has 0 aliphatic heterocycles. The van der Waals surface area contributed by atoms with E-state index in [-0.39, 0.29) is 6.10 Å². The van der Waals surface area contributed by atoms with Crippen LogP contribution in [0.25, 0.3) is 0 Å². The van der Waals surface area contributed by atoms with Gasteiger partial charge in [-0.05, 0) is 14.1 Å². The van der Waals surface area contributed by atoms with Crippen LogP contribution < -0.4 is 10.6 Å². The fraction of sp³-hybridized carbons (Fsp3) is 1.00. The Labute approximate surface area is 50.1 Å². The molecule has 0 aliphatic rings. The van der Waals surface area contributed by atoms with Crippen LogP contribution in [0.3, 0.4) is 0 Å². The monoisotopic (exact) mass is 118 g/mol. The van der Waals surface area contributed by atoms with Crippen LogP contribution in [-0.2, 0) is 0 Å². The summed E-state index contributed by atoms with van der Waals surface area (Å²) in [5.74, 6) is 0. The van der Waals surface area contributed by atoms with Gasteiger partial charge in [0.2, 0.25) is 0 Å². The first-order chi connectivity index (χ1) is 3.81. The molecule has 0 aromatic carbocycles. The molecule has 3 nitrogen and oxygen atoms in total. The van der Waals surface area contributed by atoms with Gasteiger partial charge in [-0.1, -0.05) is 0 Å². The highest BCUT2D eigenvalue weighted by Crippen LogP contribution is 1.72. The SMILES string of the molecule is CNCC(O)CNC. The van der Waals surface area contributed by atoms with Crippen molar-refractivity contribution in [1.82, 2.24) is 10.6 Å². The van der Waals surface area contributed by atoms with Crippen molar-refractivity contribution in [2.24, 2.45) is 0 Å². The van der Waals surface area contributed by atoms with Crippen molar-refractivity contribution >= 4 is 0 Å². The lowest BCUT2D eigenvalue weighted by molar-refractivity contribution is 0.174. The van der Waals surface area contributed by atoms with Crippen molar-refractivity contribution < 1.29 is 5.11 Å². The van der Waals surface area contributed by atoms with E-state index in [1.807, 2.05) is 14.1 Å². The molecule has 0 atom stereocenters. The second-order valence-corrected chi connectivity index (χ2v) is 1.77. The fourth-order valence-corrected chi connectivity index (χ4v) is 0.543. The van der Waals surface area contributed by atoms with E-state index in [1.54, 1.807) is 0 Å².